The van der Waals surface area contributed by atoms with Gasteiger partial charge in [0.25, 0.3) is 0 Å². The Bertz CT molecular complexity index is 823. The molecule has 29 heavy (non-hydrogen) atoms. The summed E-state index contributed by atoms with van der Waals surface area (Å²) in [6.07, 6.45) is 5.51. The van der Waals surface area contributed by atoms with Crippen LogP contribution in [0.2, 0.25) is 5.02 Å². The van der Waals surface area contributed by atoms with Gasteiger partial charge in [-0.1, -0.05) is 54.8 Å². The number of aromatic nitrogens is 3. The molecule has 158 valence electrons. The van der Waals surface area contributed by atoms with Crippen LogP contribution in [0.1, 0.15) is 64.8 Å². The first kappa shape index (κ1) is 22.0. The molecule has 1 aliphatic rings. The number of benzene rings is 1. The fourth-order valence-corrected chi connectivity index (χ4v) is 4.66. The van der Waals surface area contributed by atoms with Crippen molar-refractivity contribution >= 4 is 29.3 Å². The molecule has 1 aromatic heterocycles. The van der Waals surface area contributed by atoms with Crippen molar-refractivity contribution in [3.05, 3.63) is 35.1 Å². The van der Waals surface area contributed by atoms with Crippen LogP contribution in [-0.4, -0.2) is 32.0 Å². The van der Waals surface area contributed by atoms with Crippen molar-refractivity contribution in [3.8, 4) is 5.75 Å². The predicted octanol–water partition coefficient (Wildman–Crippen LogP) is 5.02. The standard InChI is InChI=1S/C21H29ClN4O2S/c1-4-26-19(14(2)28-18-13-9-8-12-17(18)22)24-25-21(26)29-15(3)20(27)23-16-10-6-5-7-11-16/h8-9,12-16H,4-7,10-11H2,1-3H3,(H,23,27). The summed E-state index contributed by atoms with van der Waals surface area (Å²) in [5, 5.41) is 12.9. The topological polar surface area (TPSA) is 69.0 Å². The highest BCUT2D eigenvalue weighted by atomic mass is 35.5. The molecule has 6 nitrogen and oxygen atoms in total. The van der Waals surface area contributed by atoms with Crippen molar-refractivity contribution < 1.29 is 9.53 Å². The maximum atomic E-state index is 12.6. The number of hydrogen-bond donors (Lipinski definition) is 1. The number of amides is 1. The summed E-state index contributed by atoms with van der Waals surface area (Å²) in [5.41, 5.74) is 0. The van der Waals surface area contributed by atoms with Gasteiger partial charge in [0.15, 0.2) is 17.1 Å². The molecular formula is C21H29ClN4O2S. The van der Waals surface area contributed by atoms with E-state index in [9.17, 15) is 4.79 Å². The molecule has 1 N–H and O–H groups in total. The number of halogens is 1. The minimum Gasteiger partial charge on any atom is -0.481 e. The van der Waals surface area contributed by atoms with Crippen LogP contribution in [0.5, 0.6) is 5.75 Å². The molecule has 0 saturated heterocycles. The zero-order chi connectivity index (χ0) is 20.8. The molecular weight excluding hydrogens is 408 g/mol. The van der Waals surface area contributed by atoms with Crippen molar-refractivity contribution in [3.63, 3.8) is 0 Å². The van der Waals surface area contributed by atoms with E-state index in [-0.39, 0.29) is 17.3 Å². The molecule has 0 radical (unpaired) electrons. The van der Waals surface area contributed by atoms with Gasteiger partial charge in [0.1, 0.15) is 5.75 Å². The number of ether oxygens (including phenoxy) is 1. The summed E-state index contributed by atoms with van der Waals surface area (Å²) in [5.74, 6) is 1.39. The molecule has 1 fully saturated rings. The van der Waals surface area contributed by atoms with Gasteiger partial charge in [-0.05, 0) is 45.7 Å². The number of para-hydroxylation sites is 1. The van der Waals surface area contributed by atoms with Crippen LogP contribution in [0.15, 0.2) is 29.4 Å². The molecule has 0 spiro atoms. The first-order valence-corrected chi connectivity index (χ1v) is 11.6. The summed E-state index contributed by atoms with van der Waals surface area (Å²) in [4.78, 5) is 12.6. The van der Waals surface area contributed by atoms with Gasteiger partial charge in [-0.3, -0.25) is 4.79 Å². The lowest BCUT2D eigenvalue weighted by Crippen LogP contribution is -2.40. The van der Waals surface area contributed by atoms with Gasteiger partial charge >= 0.3 is 0 Å². The zero-order valence-electron chi connectivity index (χ0n) is 17.2. The van der Waals surface area contributed by atoms with Crippen molar-refractivity contribution in [2.75, 3.05) is 0 Å². The van der Waals surface area contributed by atoms with Crippen LogP contribution < -0.4 is 10.1 Å². The van der Waals surface area contributed by atoms with Crippen LogP contribution >= 0.6 is 23.4 Å². The largest absolute Gasteiger partial charge is 0.481 e. The van der Waals surface area contributed by atoms with Gasteiger partial charge in [-0.25, -0.2) is 0 Å². The van der Waals surface area contributed by atoms with E-state index in [2.05, 4.69) is 15.5 Å². The third-order valence-corrected chi connectivity index (χ3v) is 6.56. The maximum Gasteiger partial charge on any atom is 0.233 e. The third-order valence-electron chi connectivity index (χ3n) is 5.17. The molecule has 1 saturated carbocycles. The first-order valence-electron chi connectivity index (χ1n) is 10.3. The van der Waals surface area contributed by atoms with Gasteiger partial charge in [-0.2, -0.15) is 0 Å². The molecule has 0 bridgehead atoms. The van der Waals surface area contributed by atoms with E-state index in [0.29, 0.717) is 23.4 Å². The number of nitrogens with one attached hydrogen (secondary N) is 1. The SMILES string of the molecule is CCn1c(SC(C)C(=O)NC2CCCCC2)nnc1C(C)Oc1ccccc1Cl. The predicted molar refractivity (Wildman–Crippen MR) is 117 cm³/mol. The molecule has 2 unspecified atom stereocenters. The van der Waals surface area contributed by atoms with Crippen molar-refractivity contribution in [1.82, 2.24) is 20.1 Å². The minimum absolute atomic E-state index is 0.0643. The highest BCUT2D eigenvalue weighted by Crippen LogP contribution is 2.30. The van der Waals surface area contributed by atoms with E-state index in [1.54, 1.807) is 6.07 Å². The molecule has 8 heteroatoms. The molecule has 1 aromatic carbocycles. The summed E-state index contributed by atoms with van der Waals surface area (Å²) in [7, 11) is 0. The zero-order valence-corrected chi connectivity index (χ0v) is 18.8. The number of thioether (sulfide) groups is 1. The van der Waals surface area contributed by atoms with Crippen LogP contribution in [0.25, 0.3) is 0 Å². The molecule has 2 atom stereocenters. The Morgan fingerprint density at radius 1 is 1.28 bits per heavy atom. The van der Waals surface area contributed by atoms with Crippen LogP contribution in [0, 0.1) is 0 Å². The normalized spacial score (nSPS) is 17.0. The Morgan fingerprint density at radius 3 is 2.69 bits per heavy atom. The average molecular weight is 437 g/mol. The number of carbonyl (C=O) groups is 1. The number of carbonyl (C=O) groups excluding carboxylic acids is 1. The third kappa shape index (κ3) is 5.66. The number of rotatable bonds is 8. The summed E-state index contributed by atoms with van der Waals surface area (Å²) in [6.45, 7) is 6.57. The maximum absolute atomic E-state index is 12.6. The monoisotopic (exact) mass is 436 g/mol. The van der Waals surface area contributed by atoms with E-state index in [4.69, 9.17) is 16.3 Å². The van der Waals surface area contributed by atoms with Gasteiger partial charge in [0, 0.05) is 12.6 Å². The lowest BCUT2D eigenvalue weighted by Gasteiger charge is -2.24. The Hall–Kier alpha value is -1.73. The average Bonchev–Trinajstić information content (AvgIpc) is 3.13. The molecule has 2 aromatic rings. The summed E-state index contributed by atoms with van der Waals surface area (Å²) >= 11 is 7.64. The fraction of sp³-hybridized carbons (Fsp3) is 0.571. The van der Waals surface area contributed by atoms with Crippen molar-refractivity contribution in [1.29, 1.82) is 0 Å². The van der Waals surface area contributed by atoms with Crippen molar-refractivity contribution in [2.45, 2.75) is 82.0 Å². The molecule has 3 rings (SSSR count). The lowest BCUT2D eigenvalue weighted by molar-refractivity contribution is -0.121. The van der Waals surface area contributed by atoms with E-state index < -0.39 is 0 Å². The molecule has 1 aliphatic carbocycles. The van der Waals surface area contributed by atoms with E-state index in [1.165, 1.54) is 31.0 Å². The van der Waals surface area contributed by atoms with Crippen LogP contribution in [-0.2, 0) is 11.3 Å². The second kappa shape index (κ2) is 10.3. The highest BCUT2D eigenvalue weighted by molar-refractivity contribution is 8.00. The van der Waals surface area contributed by atoms with Gasteiger partial charge in [-0.15, -0.1) is 10.2 Å². The van der Waals surface area contributed by atoms with E-state index in [0.717, 1.165) is 23.8 Å². The van der Waals surface area contributed by atoms with Gasteiger partial charge in [0.05, 0.1) is 10.3 Å². The Labute approximate surface area is 181 Å². The first-order chi connectivity index (χ1) is 14.0. The number of nitrogens with zero attached hydrogens (tertiary/aromatic N) is 3. The molecule has 1 amide bonds. The van der Waals surface area contributed by atoms with Crippen LogP contribution in [0.4, 0.5) is 0 Å². The van der Waals surface area contributed by atoms with Gasteiger partial charge in [0.2, 0.25) is 5.91 Å². The van der Waals surface area contributed by atoms with Crippen LogP contribution in [0.3, 0.4) is 0 Å². The van der Waals surface area contributed by atoms with Crippen molar-refractivity contribution in [2.24, 2.45) is 0 Å². The van der Waals surface area contributed by atoms with E-state index in [1.807, 2.05) is 43.5 Å². The minimum atomic E-state index is -0.317. The molecule has 1 heterocycles. The highest BCUT2D eigenvalue weighted by Gasteiger charge is 2.25. The smallest absolute Gasteiger partial charge is 0.233 e. The number of hydrogen-bond acceptors (Lipinski definition) is 5. The Morgan fingerprint density at radius 2 is 2.00 bits per heavy atom. The second-order valence-electron chi connectivity index (χ2n) is 7.38. The fourth-order valence-electron chi connectivity index (χ4n) is 3.55. The molecule has 0 aliphatic heterocycles. The van der Waals surface area contributed by atoms with Gasteiger partial charge < -0.3 is 14.6 Å². The quantitative estimate of drug-likeness (QED) is 0.588. The summed E-state index contributed by atoms with van der Waals surface area (Å²) in [6, 6.07) is 7.68. The second-order valence-corrected chi connectivity index (χ2v) is 9.09. The Balaban J connectivity index is 1.65. The summed E-state index contributed by atoms with van der Waals surface area (Å²) < 4.78 is 7.99. The lowest BCUT2D eigenvalue weighted by atomic mass is 9.95. The Kier molecular flexibility index (Phi) is 7.84. The van der Waals surface area contributed by atoms with E-state index >= 15 is 0 Å².